The van der Waals surface area contributed by atoms with Crippen molar-refractivity contribution in [2.24, 2.45) is 0 Å². The average Bonchev–Trinajstić information content (AvgIpc) is 2.53. The van der Waals surface area contributed by atoms with E-state index in [1.165, 1.54) is 13.0 Å². The van der Waals surface area contributed by atoms with Crippen molar-refractivity contribution < 1.29 is 23.9 Å². The van der Waals surface area contributed by atoms with Gasteiger partial charge in [0.25, 0.3) is 11.8 Å². The lowest BCUT2D eigenvalue weighted by molar-refractivity contribution is -0.157. The summed E-state index contributed by atoms with van der Waals surface area (Å²) in [5, 5.41) is 5.18. The Morgan fingerprint density at radius 3 is 2.96 bits per heavy atom. The number of anilines is 1. The maximum Gasteiger partial charge on any atom is 0.310 e. The fourth-order valence-electron chi connectivity index (χ4n) is 1.99. The Hall–Kier alpha value is -2.83. The number of carbonyl (C=O) groups excluding carboxylic acids is 3. The first-order chi connectivity index (χ1) is 11.0. The second-order valence-corrected chi connectivity index (χ2v) is 4.96. The topological polar surface area (TPSA) is 93.7 Å². The zero-order valence-electron chi connectivity index (χ0n) is 12.7. The zero-order chi connectivity index (χ0) is 16.8. The number of fused-ring (bicyclic) bond motifs is 1. The van der Waals surface area contributed by atoms with Crippen LogP contribution >= 0.6 is 0 Å². The molecule has 2 rings (SSSR count). The molecule has 122 valence electrons. The molecule has 0 spiro atoms. The van der Waals surface area contributed by atoms with E-state index < -0.39 is 30.0 Å². The van der Waals surface area contributed by atoms with E-state index in [-0.39, 0.29) is 13.0 Å². The summed E-state index contributed by atoms with van der Waals surface area (Å²) in [7, 11) is 0. The minimum atomic E-state index is -0.985. The van der Waals surface area contributed by atoms with Gasteiger partial charge in [-0.1, -0.05) is 18.2 Å². The summed E-state index contributed by atoms with van der Waals surface area (Å²) in [4.78, 5) is 35.4. The smallest absolute Gasteiger partial charge is 0.310 e. The molecule has 1 aromatic rings. The van der Waals surface area contributed by atoms with Crippen LogP contribution in [0.3, 0.4) is 0 Å². The molecule has 7 heteroatoms. The molecule has 1 aliphatic heterocycles. The van der Waals surface area contributed by atoms with Gasteiger partial charge >= 0.3 is 5.97 Å². The Kier molecular flexibility index (Phi) is 5.35. The maximum absolute atomic E-state index is 11.9. The molecule has 0 saturated carbocycles. The molecule has 0 unspecified atom stereocenters. The molecule has 1 aromatic carbocycles. The Morgan fingerprint density at radius 1 is 1.48 bits per heavy atom. The van der Waals surface area contributed by atoms with Gasteiger partial charge in [0.05, 0.1) is 12.1 Å². The fourth-order valence-corrected chi connectivity index (χ4v) is 1.99. The molecule has 1 heterocycles. The molecule has 0 aliphatic carbocycles. The summed E-state index contributed by atoms with van der Waals surface area (Å²) in [5.74, 6) is -1.06. The van der Waals surface area contributed by atoms with Crippen LogP contribution in [0.15, 0.2) is 36.9 Å². The van der Waals surface area contributed by atoms with Crippen molar-refractivity contribution in [1.82, 2.24) is 5.32 Å². The highest BCUT2D eigenvalue weighted by Gasteiger charge is 2.31. The Labute approximate surface area is 133 Å². The van der Waals surface area contributed by atoms with Gasteiger partial charge < -0.3 is 20.1 Å². The molecule has 0 saturated heterocycles. The standard InChI is InChI=1S/C16H18N2O5/c1-3-8-17-15(20)10(2)22-14(19)9-13-16(21)18-11-6-4-5-7-12(11)23-13/h3-7,10,13H,1,8-9H2,2H3,(H,17,20)(H,18,21)/t10-,13+/m0/s1. The molecule has 1 aliphatic rings. The van der Waals surface area contributed by atoms with Gasteiger partial charge in [-0.15, -0.1) is 6.58 Å². The molecule has 2 N–H and O–H groups in total. The number of para-hydroxylation sites is 2. The number of rotatable bonds is 6. The van der Waals surface area contributed by atoms with Crippen molar-refractivity contribution in [3.8, 4) is 5.75 Å². The highest BCUT2D eigenvalue weighted by atomic mass is 16.6. The molecule has 23 heavy (non-hydrogen) atoms. The van der Waals surface area contributed by atoms with Crippen molar-refractivity contribution in [3.63, 3.8) is 0 Å². The lowest BCUT2D eigenvalue weighted by Crippen LogP contribution is -2.41. The molecule has 0 aromatic heterocycles. The molecular formula is C16H18N2O5. The van der Waals surface area contributed by atoms with Crippen LogP contribution in [0.4, 0.5) is 5.69 Å². The molecule has 7 nitrogen and oxygen atoms in total. The van der Waals surface area contributed by atoms with E-state index in [0.717, 1.165) is 0 Å². The number of esters is 1. The lowest BCUT2D eigenvalue weighted by atomic mass is 10.1. The summed E-state index contributed by atoms with van der Waals surface area (Å²) < 4.78 is 10.5. The number of nitrogens with one attached hydrogen (secondary N) is 2. The van der Waals surface area contributed by atoms with Gasteiger partial charge in [0.1, 0.15) is 5.75 Å². The van der Waals surface area contributed by atoms with Crippen LogP contribution in [0.1, 0.15) is 13.3 Å². The third-order valence-corrected chi connectivity index (χ3v) is 3.16. The Balaban J connectivity index is 1.89. The van der Waals surface area contributed by atoms with Crippen LogP contribution < -0.4 is 15.4 Å². The Morgan fingerprint density at radius 2 is 2.22 bits per heavy atom. The van der Waals surface area contributed by atoms with Crippen LogP contribution in [0.25, 0.3) is 0 Å². The van der Waals surface area contributed by atoms with E-state index in [9.17, 15) is 14.4 Å². The van der Waals surface area contributed by atoms with Gasteiger partial charge in [-0.25, -0.2) is 0 Å². The third-order valence-electron chi connectivity index (χ3n) is 3.16. The number of ether oxygens (including phenoxy) is 2. The van der Waals surface area contributed by atoms with Crippen LogP contribution in [0.2, 0.25) is 0 Å². The van der Waals surface area contributed by atoms with E-state index in [1.807, 2.05) is 0 Å². The number of amides is 2. The number of hydrogen-bond acceptors (Lipinski definition) is 5. The largest absolute Gasteiger partial charge is 0.478 e. The molecule has 0 radical (unpaired) electrons. The maximum atomic E-state index is 11.9. The van der Waals surface area contributed by atoms with Crippen LogP contribution in [-0.2, 0) is 19.1 Å². The van der Waals surface area contributed by atoms with Crippen molar-refractivity contribution in [1.29, 1.82) is 0 Å². The number of benzene rings is 1. The van der Waals surface area contributed by atoms with E-state index >= 15 is 0 Å². The quantitative estimate of drug-likeness (QED) is 0.603. The minimum absolute atomic E-state index is 0.279. The third kappa shape index (κ3) is 4.32. The number of carbonyl (C=O) groups is 3. The van der Waals surface area contributed by atoms with E-state index in [2.05, 4.69) is 17.2 Å². The van der Waals surface area contributed by atoms with Crippen molar-refractivity contribution in [3.05, 3.63) is 36.9 Å². The van der Waals surface area contributed by atoms with Crippen LogP contribution in [0, 0.1) is 0 Å². The van der Waals surface area contributed by atoms with Gasteiger partial charge in [0.2, 0.25) is 0 Å². The second-order valence-electron chi connectivity index (χ2n) is 4.96. The van der Waals surface area contributed by atoms with Crippen molar-refractivity contribution in [2.45, 2.75) is 25.6 Å². The van der Waals surface area contributed by atoms with Gasteiger partial charge in [-0.05, 0) is 19.1 Å². The van der Waals surface area contributed by atoms with E-state index in [1.54, 1.807) is 24.3 Å². The van der Waals surface area contributed by atoms with E-state index in [0.29, 0.717) is 11.4 Å². The van der Waals surface area contributed by atoms with Crippen molar-refractivity contribution in [2.75, 3.05) is 11.9 Å². The van der Waals surface area contributed by atoms with Crippen LogP contribution in [0.5, 0.6) is 5.75 Å². The summed E-state index contributed by atoms with van der Waals surface area (Å²) in [6.07, 6.45) is -0.703. The van der Waals surface area contributed by atoms with Gasteiger partial charge in [-0.3, -0.25) is 14.4 Å². The molecule has 0 bridgehead atoms. The van der Waals surface area contributed by atoms with Crippen molar-refractivity contribution >= 4 is 23.5 Å². The minimum Gasteiger partial charge on any atom is -0.478 e. The summed E-state index contributed by atoms with van der Waals surface area (Å²) >= 11 is 0. The number of hydrogen-bond donors (Lipinski definition) is 2. The summed E-state index contributed by atoms with van der Waals surface area (Å²) in [5.41, 5.74) is 0.555. The predicted octanol–water partition coefficient (Wildman–Crippen LogP) is 1.01. The molecular weight excluding hydrogens is 300 g/mol. The first-order valence-corrected chi connectivity index (χ1v) is 7.16. The molecule has 2 amide bonds. The second kappa shape index (κ2) is 7.44. The highest BCUT2D eigenvalue weighted by Crippen LogP contribution is 2.29. The Bertz CT molecular complexity index is 629. The van der Waals surface area contributed by atoms with Gasteiger partial charge in [-0.2, -0.15) is 0 Å². The van der Waals surface area contributed by atoms with Gasteiger partial charge in [0.15, 0.2) is 12.2 Å². The SMILES string of the molecule is C=CCNC(=O)[C@H](C)OC(=O)C[C@H]1Oc2ccccc2NC1=O. The van der Waals surface area contributed by atoms with Gasteiger partial charge in [0, 0.05) is 6.54 Å². The fraction of sp³-hybridized carbons (Fsp3) is 0.312. The lowest BCUT2D eigenvalue weighted by Gasteiger charge is -2.25. The normalized spacial score (nSPS) is 17.1. The summed E-state index contributed by atoms with van der Waals surface area (Å²) in [6, 6.07) is 6.92. The summed E-state index contributed by atoms with van der Waals surface area (Å²) in [6.45, 7) is 5.21. The molecule has 2 atom stereocenters. The first kappa shape index (κ1) is 16.5. The molecule has 0 fully saturated rings. The zero-order valence-corrected chi connectivity index (χ0v) is 12.7. The first-order valence-electron chi connectivity index (χ1n) is 7.16. The average molecular weight is 318 g/mol. The van der Waals surface area contributed by atoms with E-state index in [4.69, 9.17) is 9.47 Å². The monoisotopic (exact) mass is 318 g/mol. The van der Waals surface area contributed by atoms with Crippen LogP contribution in [-0.4, -0.2) is 36.5 Å². The predicted molar refractivity (Wildman–Crippen MR) is 82.9 cm³/mol. The highest BCUT2D eigenvalue weighted by molar-refractivity contribution is 5.99.